The van der Waals surface area contributed by atoms with Crippen molar-refractivity contribution in [3.05, 3.63) is 35.4 Å². The summed E-state index contributed by atoms with van der Waals surface area (Å²) in [5, 5.41) is 1.10. The summed E-state index contributed by atoms with van der Waals surface area (Å²) >= 11 is 5.93. The molecule has 1 rings (SSSR count). The fraction of sp³-hybridized carbons (Fsp3) is 0.500. The van der Waals surface area contributed by atoms with Gasteiger partial charge >= 0.3 is 0 Å². The van der Waals surface area contributed by atoms with Crippen LogP contribution in [-0.4, -0.2) is 9.76 Å². The van der Waals surface area contributed by atoms with Crippen LogP contribution in [0, 0.1) is 0 Å². The molecule has 0 nitrogen and oxygen atoms in total. The third kappa shape index (κ3) is 4.30. The van der Waals surface area contributed by atoms with Crippen molar-refractivity contribution in [3.63, 3.8) is 0 Å². The van der Waals surface area contributed by atoms with Crippen LogP contribution < -0.4 is 0 Å². The Bertz CT molecular complexity index is 233. The summed E-state index contributed by atoms with van der Waals surface area (Å²) < 4.78 is 1.25. The summed E-state index contributed by atoms with van der Waals surface area (Å²) in [4.78, 5) is 0. The number of hydrogen-bond acceptors (Lipinski definition) is 0. The van der Waals surface area contributed by atoms with Crippen molar-refractivity contribution in [3.8, 4) is 0 Å². The first kappa shape index (κ1) is 12.5. The van der Waals surface area contributed by atoms with E-state index in [-0.39, 0.29) is 0 Å². The van der Waals surface area contributed by atoms with Gasteiger partial charge in [-0.15, -0.1) is 0 Å². The van der Waals surface area contributed by atoms with E-state index >= 15 is 0 Å². The van der Waals surface area contributed by atoms with Crippen molar-refractivity contribution < 1.29 is 0 Å². The lowest BCUT2D eigenvalue weighted by Crippen LogP contribution is -1.95. The molecule has 0 aliphatic rings. The maximum Gasteiger partial charge on any atom is 0.00344 e. The zero-order chi connectivity index (χ0) is 10.2. The van der Waals surface area contributed by atoms with Crippen LogP contribution in [0.3, 0.4) is 0 Å². The van der Waals surface area contributed by atoms with Gasteiger partial charge in [-0.1, -0.05) is 62.8 Å². The quantitative estimate of drug-likeness (QED) is 0.517. The highest BCUT2D eigenvalue weighted by Gasteiger charge is 2.00. The Kier molecular flexibility index (Phi) is 6.86. The molecule has 0 spiro atoms. The highest BCUT2D eigenvalue weighted by atomic mass is 127. The number of benzene rings is 1. The summed E-state index contributed by atoms with van der Waals surface area (Å²) in [5.74, 6) is 0. The predicted octanol–water partition coefficient (Wildman–Crippen LogP) is 4.38. The van der Waals surface area contributed by atoms with Crippen molar-refractivity contribution >= 4 is 38.5 Å². The molecule has 1 aromatic rings. The maximum absolute atomic E-state index is 3.48. The third-order valence-electron chi connectivity index (χ3n) is 2.28. The minimum atomic E-state index is 1.10. The van der Waals surface area contributed by atoms with Crippen molar-refractivity contribution in [2.24, 2.45) is 0 Å². The van der Waals surface area contributed by atoms with Gasteiger partial charge in [0, 0.05) is 5.33 Å². The van der Waals surface area contributed by atoms with Gasteiger partial charge in [-0.05, 0) is 41.2 Å². The SMILES string of the molecule is BrCCCc1ccccc1CCCI. The van der Waals surface area contributed by atoms with E-state index in [9.17, 15) is 0 Å². The van der Waals surface area contributed by atoms with E-state index in [4.69, 9.17) is 0 Å². The van der Waals surface area contributed by atoms with Crippen LogP contribution in [0.2, 0.25) is 0 Å². The first-order chi connectivity index (χ1) is 6.88. The molecule has 2 heteroatoms. The van der Waals surface area contributed by atoms with Gasteiger partial charge in [-0.2, -0.15) is 0 Å². The highest BCUT2D eigenvalue weighted by Crippen LogP contribution is 2.14. The molecule has 0 bridgehead atoms. The van der Waals surface area contributed by atoms with E-state index < -0.39 is 0 Å². The molecule has 0 aliphatic carbocycles. The van der Waals surface area contributed by atoms with Crippen molar-refractivity contribution in [1.82, 2.24) is 0 Å². The molecule has 0 unspecified atom stereocenters. The Balaban J connectivity index is 2.60. The van der Waals surface area contributed by atoms with Gasteiger partial charge in [0.1, 0.15) is 0 Å². The van der Waals surface area contributed by atoms with E-state index in [1.165, 1.54) is 35.7 Å². The van der Waals surface area contributed by atoms with E-state index in [2.05, 4.69) is 62.8 Å². The molecule has 0 fully saturated rings. The molecule has 0 heterocycles. The Labute approximate surface area is 109 Å². The van der Waals surface area contributed by atoms with Crippen molar-refractivity contribution in [1.29, 1.82) is 0 Å². The molecule has 0 aliphatic heterocycles. The molecule has 0 atom stereocenters. The standard InChI is InChI=1S/C12H16BrI/c13-9-3-7-11-5-1-2-6-12(11)8-4-10-14/h1-2,5-6H,3-4,7-10H2. The average Bonchev–Trinajstić information content (AvgIpc) is 2.24. The largest absolute Gasteiger partial charge is 0.0928 e. The molecule has 0 N–H and O–H groups in total. The first-order valence-electron chi connectivity index (χ1n) is 5.07. The van der Waals surface area contributed by atoms with E-state index in [1.54, 1.807) is 5.56 Å². The molecular formula is C12H16BrI. The number of hydrogen-bond donors (Lipinski definition) is 0. The van der Waals surface area contributed by atoms with Crippen LogP contribution in [0.4, 0.5) is 0 Å². The summed E-state index contributed by atoms with van der Waals surface area (Å²) in [6.45, 7) is 0. The van der Waals surface area contributed by atoms with Gasteiger partial charge in [0.15, 0.2) is 0 Å². The minimum Gasteiger partial charge on any atom is -0.0928 e. The molecule has 78 valence electrons. The molecule has 0 saturated carbocycles. The Morgan fingerprint density at radius 3 is 2.07 bits per heavy atom. The van der Waals surface area contributed by atoms with Crippen LogP contribution in [0.25, 0.3) is 0 Å². The zero-order valence-corrected chi connectivity index (χ0v) is 12.1. The van der Waals surface area contributed by atoms with Crippen LogP contribution >= 0.6 is 38.5 Å². The van der Waals surface area contributed by atoms with Gasteiger partial charge in [0.2, 0.25) is 0 Å². The molecule has 14 heavy (non-hydrogen) atoms. The van der Waals surface area contributed by atoms with Crippen LogP contribution in [-0.2, 0) is 12.8 Å². The minimum absolute atomic E-state index is 1.10. The summed E-state index contributed by atoms with van der Waals surface area (Å²) in [5.41, 5.74) is 3.09. The second-order valence-electron chi connectivity index (χ2n) is 3.35. The molecule has 1 aromatic carbocycles. The van der Waals surface area contributed by atoms with Crippen LogP contribution in [0.15, 0.2) is 24.3 Å². The topological polar surface area (TPSA) is 0 Å². The van der Waals surface area contributed by atoms with Crippen LogP contribution in [0.5, 0.6) is 0 Å². The predicted molar refractivity (Wildman–Crippen MR) is 75.8 cm³/mol. The Hall–Kier alpha value is 0.430. The number of rotatable bonds is 6. The molecule has 0 amide bonds. The Morgan fingerprint density at radius 1 is 1.00 bits per heavy atom. The first-order valence-corrected chi connectivity index (χ1v) is 7.72. The monoisotopic (exact) mass is 366 g/mol. The van der Waals surface area contributed by atoms with Gasteiger partial charge in [-0.3, -0.25) is 0 Å². The smallest absolute Gasteiger partial charge is 0.00344 e. The van der Waals surface area contributed by atoms with Crippen LogP contribution in [0.1, 0.15) is 24.0 Å². The normalized spacial score (nSPS) is 10.4. The third-order valence-corrected chi connectivity index (χ3v) is 3.60. The number of aryl methyl sites for hydroxylation is 2. The van der Waals surface area contributed by atoms with Gasteiger partial charge in [0.25, 0.3) is 0 Å². The fourth-order valence-electron chi connectivity index (χ4n) is 1.56. The lowest BCUT2D eigenvalue weighted by Gasteiger charge is -2.07. The maximum atomic E-state index is 3.48. The molecular weight excluding hydrogens is 351 g/mol. The van der Waals surface area contributed by atoms with E-state index in [1.807, 2.05) is 0 Å². The van der Waals surface area contributed by atoms with Gasteiger partial charge in [0.05, 0.1) is 0 Å². The lowest BCUT2D eigenvalue weighted by atomic mass is 10.00. The Morgan fingerprint density at radius 2 is 1.57 bits per heavy atom. The van der Waals surface area contributed by atoms with Gasteiger partial charge < -0.3 is 0 Å². The molecule has 0 radical (unpaired) electrons. The average molecular weight is 367 g/mol. The fourth-order valence-corrected chi connectivity index (χ4v) is 2.22. The summed E-state index contributed by atoms with van der Waals surface area (Å²) in [7, 11) is 0. The van der Waals surface area contributed by atoms with Crippen molar-refractivity contribution in [2.45, 2.75) is 25.7 Å². The second-order valence-corrected chi connectivity index (χ2v) is 5.23. The van der Waals surface area contributed by atoms with E-state index in [0.29, 0.717) is 0 Å². The van der Waals surface area contributed by atoms with E-state index in [0.717, 1.165) is 5.33 Å². The second kappa shape index (κ2) is 7.69. The van der Waals surface area contributed by atoms with Crippen molar-refractivity contribution in [2.75, 3.05) is 9.76 Å². The number of halogens is 2. The summed E-state index contributed by atoms with van der Waals surface area (Å²) in [6, 6.07) is 8.85. The zero-order valence-electron chi connectivity index (χ0n) is 8.31. The summed E-state index contributed by atoms with van der Waals surface area (Å²) in [6.07, 6.45) is 4.98. The highest BCUT2D eigenvalue weighted by molar-refractivity contribution is 14.1. The molecule has 0 aromatic heterocycles. The number of alkyl halides is 2. The van der Waals surface area contributed by atoms with Gasteiger partial charge in [-0.25, -0.2) is 0 Å². The molecule has 0 saturated heterocycles. The lowest BCUT2D eigenvalue weighted by molar-refractivity contribution is 0.878.